The molecule has 1 fully saturated rings. The summed E-state index contributed by atoms with van der Waals surface area (Å²) >= 11 is 2.51. The number of hydrogen-bond donors (Lipinski definition) is 1. The summed E-state index contributed by atoms with van der Waals surface area (Å²) < 4.78 is 36.9. The number of hydrogen-bond acceptors (Lipinski definition) is 11. The normalized spacial score (nSPS) is 16.9. The van der Waals surface area contributed by atoms with Crippen LogP contribution < -0.4 is 23.8 Å². The van der Waals surface area contributed by atoms with Crippen molar-refractivity contribution in [3.8, 4) is 23.0 Å². The molecular weight excluding hydrogens is 634 g/mol. The van der Waals surface area contributed by atoms with Crippen molar-refractivity contribution in [3.05, 3.63) is 88.7 Å². The topological polar surface area (TPSA) is 120 Å². The number of anilines is 1. The zero-order valence-corrected chi connectivity index (χ0v) is 26.7. The first-order valence-corrected chi connectivity index (χ1v) is 16.5. The molecule has 10 nitrogen and oxygen atoms in total. The van der Waals surface area contributed by atoms with Gasteiger partial charge >= 0.3 is 5.91 Å². The van der Waals surface area contributed by atoms with Crippen molar-refractivity contribution in [3.63, 3.8) is 0 Å². The van der Waals surface area contributed by atoms with Crippen molar-refractivity contribution in [2.24, 2.45) is 0 Å². The highest BCUT2D eigenvalue weighted by Gasteiger charge is 2.48. The molecule has 2 aliphatic heterocycles. The van der Waals surface area contributed by atoms with Gasteiger partial charge in [0.15, 0.2) is 27.3 Å². The summed E-state index contributed by atoms with van der Waals surface area (Å²) in [5.74, 6) is -0.0428. The minimum absolute atomic E-state index is 0.123. The minimum Gasteiger partial charge on any atom is -0.507 e. The van der Waals surface area contributed by atoms with Gasteiger partial charge in [-0.1, -0.05) is 48.2 Å². The number of nitrogens with zero attached hydrogens (tertiary/aromatic N) is 3. The van der Waals surface area contributed by atoms with Gasteiger partial charge < -0.3 is 24.1 Å². The highest BCUT2D eigenvalue weighted by molar-refractivity contribution is 8.00. The van der Waals surface area contributed by atoms with Crippen molar-refractivity contribution < 1.29 is 38.0 Å². The summed E-state index contributed by atoms with van der Waals surface area (Å²) in [7, 11) is 0. The van der Waals surface area contributed by atoms with Gasteiger partial charge in [0.1, 0.15) is 24.8 Å². The molecule has 46 heavy (non-hydrogen) atoms. The van der Waals surface area contributed by atoms with Crippen molar-refractivity contribution in [1.29, 1.82) is 0 Å². The highest BCUT2D eigenvalue weighted by atomic mass is 32.2. The number of halogens is 1. The Balaban J connectivity index is 1.42. The summed E-state index contributed by atoms with van der Waals surface area (Å²) in [6.07, 6.45) is 0.793. The fourth-order valence-corrected chi connectivity index (χ4v) is 6.89. The molecule has 238 valence electrons. The van der Waals surface area contributed by atoms with E-state index in [2.05, 4.69) is 10.2 Å². The molecule has 6 rings (SSSR count). The van der Waals surface area contributed by atoms with Crippen LogP contribution in [0.15, 0.2) is 70.6 Å². The maximum absolute atomic E-state index is 13.7. The van der Waals surface area contributed by atoms with Gasteiger partial charge in [0.25, 0.3) is 5.78 Å². The Labute approximate surface area is 272 Å². The Kier molecular flexibility index (Phi) is 9.41. The average molecular weight is 664 g/mol. The first kappa shape index (κ1) is 31.4. The van der Waals surface area contributed by atoms with Gasteiger partial charge in [0.2, 0.25) is 5.13 Å². The van der Waals surface area contributed by atoms with E-state index >= 15 is 0 Å². The van der Waals surface area contributed by atoms with E-state index in [1.54, 1.807) is 48.5 Å². The molecule has 1 amide bonds. The Morgan fingerprint density at radius 3 is 2.54 bits per heavy atom. The minimum atomic E-state index is -1.06. The zero-order valence-electron chi connectivity index (χ0n) is 25.0. The summed E-state index contributed by atoms with van der Waals surface area (Å²) in [6, 6.07) is 15.1. The van der Waals surface area contributed by atoms with Crippen LogP contribution in [0, 0.1) is 5.82 Å². The molecule has 2 aliphatic rings. The predicted molar refractivity (Wildman–Crippen MR) is 171 cm³/mol. The quantitative estimate of drug-likeness (QED) is 0.0622. The third-order valence-corrected chi connectivity index (χ3v) is 9.31. The van der Waals surface area contributed by atoms with E-state index in [1.165, 1.54) is 28.8 Å². The van der Waals surface area contributed by atoms with Crippen molar-refractivity contribution in [2.45, 2.75) is 36.4 Å². The molecule has 1 saturated heterocycles. The fourth-order valence-electron chi connectivity index (χ4n) is 5.07. The number of rotatable bonds is 11. The molecular formula is C33H30FN3O7S2. The number of carbonyl (C=O) groups excluding carboxylic acids is 2. The van der Waals surface area contributed by atoms with Gasteiger partial charge in [-0.25, -0.2) is 4.39 Å². The number of fused-ring (bicyclic) bond motifs is 1. The van der Waals surface area contributed by atoms with Crippen LogP contribution >= 0.6 is 23.1 Å². The Hall–Kier alpha value is -4.62. The van der Waals surface area contributed by atoms with Crippen molar-refractivity contribution in [2.75, 3.05) is 31.3 Å². The number of benzene rings is 3. The van der Waals surface area contributed by atoms with E-state index in [9.17, 15) is 19.1 Å². The SMILES string of the molecule is CCCOc1ccc(C2C(=C(O)c3ccc4c(c3)OCCO4)C(=O)C(=O)N2c2nnc(SCc3ccc(F)cc3)s2)cc1OCC. The lowest BCUT2D eigenvalue weighted by Gasteiger charge is -2.24. The number of aliphatic hydroxyl groups is 1. The molecule has 0 aliphatic carbocycles. The van der Waals surface area contributed by atoms with Crippen LogP contribution in [-0.2, 0) is 15.3 Å². The number of ketones is 1. The zero-order chi connectivity index (χ0) is 32.2. The van der Waals surface area contributed by atoms with Crippen LogP contribution in [0.2, 0.25) is 0 Å². The summed E-state index contributed by atoms with van der Waals surface area (Å²) in [5, 5.41) is 20.3. The largest absolute Gasteiger partial charge is 0.507 e. The molecule has 1 aromatic heterocycles. The van der Waals surface area contributed by atoms with E-state index in [1.807, 2.05) is 13.8 Å². The summed E-state index contributed by atoms with van der Waals surface area (Å²) in [5.41, 5.74) is 1.55. The fraction of sp³-hybridized carbons (Fsp3) is 0.273. The van der Waals surface area contributed by atoms with Crippen LogP contribution in [-0.4, -0.2) is 53.4 Å². The van der Waals surface area contributed by atoms with Crippen LogP contribution in [0.4, 0.5) is 9.52 Å². The Morgan fingerprint density at radius 2 is 1.78 bits per heavy atom. The Bertz CT molecular complexity index is 1790. The van der Waals surface area contributed by atoms with E-state index < -0.39 is 17.7 Å². The van der Waals surface area contributed by atoms with Crippen molar-refractivity contribution >= 4 is 45.7 Å². The first-order chi connectivity index (χ1) is 22.4. The molecule has 3 aromatic carbocycles. The molecule has 0 saturated carbocycles. The molecule has 1 unspecified atom stereocenters. The molecule has 0 radical (unpaired) electrons. The first-order valence-electron chi connectivity index (χ1n) is 14.7. The molecule has 13 heteroatoms. The Morgan fingerprint density at radius 1 is 1.00 bits per heavy atom. The van der Waals surface area contributed by atoms with Gasteiger partial charge in [0, 0.05) is 11.3 Å². The second-order valence-corrected chi connectivity index (χ2v) is 12.5. The third kappa shape index (κ3) is 6.38. The number of carbonyl (C=O) groups is 2. The van der Waals surface area contributed by atoms with E-state index in [0.717, 1.165) is 23.3 Å². The summed E-state index contributed by atoms with van der Waals surface area (Å²) in [4.78, 5) is 28.7. The number of amides is 1. The van der Waals surface area contributed by atoms with E-state index in [-0.39, 0.29) is 27.8 Å². The van der Waals surface area contributed by atoms with Gasteiger partial charge in [-0.3, -0.25) is 14.5 Å². The monoisotopic (exact) mass is 663 g/mol. The second-order valence-electron chi connectivity index (χ2n) is 10.3. The van der Waals surface area contributed by atoms with Crippen LogP contribution in [0.5, 0.6) is 23.0 Å². The number of Topliss-reactive ketones (excluding diaryl/α,β-unsaturated/α-hetero) is 1. The molecule has 0 spiro atoms. The van der Waals surface area contributed by atoms with Gasteiger partial charge in [-0.15, -0.1) is 10.2 Å². The van der Waals surface area contributed by atoms with Crippen molar-refractivity contribution in [1.82, 2.24) is 10.2 Å². The lowest BCUT2D eigenvalue weighted by molar-refractivity contribution is -0.132. The highest BCUT2D eigenvalue weighted by Crippen LogP contribution is 2.46. The molecule has 4 aromatic rings. The second kappa shape index (κ2) is 13.8. The number of thioether (sulfide) groups is 1. The smallest absolute Gasteiger partial charge is 0.301 e. The summed E-state index contributed by atoms with van der Waals surface area (Å²) in [6.45, 7) is 5.41. The van der Waals surface area contributed by atoms with Crippen LogP contribution in [0.25, 0.3) is 5.76 Å². The maximum atomic E-state index is 13.7. The number of aliphatic hydroxyl groups excluding tert-OH is 1. The van der Waals surface area contributed by atoms with Gasteiger partial charge in [-0.05, 0) is 66.9 Å². The van der Waals surface area contributed by atoms with Crippen LogP contribution in [0.1, 0.15) is 43.0 Å². The lowest BCUT2D eigenvalue weighted by atomic mass is 9.95. The molecule has 1 atom stereocenters. The molecule has 1 N–H and O–H groups in total. The third-order valence-electron chi connectivity index (χ3n) is 7.18. The van der Waals surface area contributed by atoms with Gasteiger partial charge in [0.05, 0.1) is 24.8 Å². The molecule has 0 bridgehead atoms. The lowest BCUT2D eigenvalue weighted by Crippen LogP contribution is -2.29. The predicted octanol–water partition coefficient (Wildman–Crippen LogP) is 6.55. The average Bonchev–Trinajstić information content (AvgIpc) is 3.65. The number of aromatic nitrogens is 2. The van der Waals surface area contributed by atoms with Crippen LogP contribution in [0.3, 0.4) is 0 Å². The van der Waals surface area contributed by atoms with E-state index in [4.69, 9.17) is 18.9 Å². The van der Waals surface area contributed by atoms with Gasteiger partial charge in [-0.2, -0.15) is 0 Å². The standard InChI is InChI=1S/C33H30FN3O7S2/c1-3-13-42-23-11-7-20(16-25(23)41-4-2)28-27(29(38)21-8-12-24-26(17-21)44-15-14-43-24)30(39)31(40)37(28)32-35-36-33(46-32)45-18-19-5-9-22(34)10-6-19/h5-12,16-17,28,38H,3-4,13-15,18H2,1-2H3. The van der Waals surface area contributed by atoms with E-state index in [0.29, 0.717) is 65.1 Å². The number of ether oxygens (including phenoxy) is 4. The molecule has 3 heterocycles. The maximum Gasteiger partial charge on any atom is 0.301 e.